The van der Waals surface area contributed by atoms with Crippen LogP contribution in [0.15, 0.2) is 60.9 Å². The van der Waals surface area contributed by atoms with Crippen LogP contribution in [0.5, 0.6) is 0 Å². The first kappa shape index (κ1) is 16.7. The molecule has 0 spiro atoms. The van der Waals surface area contributed by atoms with E-state index in [4.69, 9.17) is 0 Å². The highest BCUT2D eigenvalue weighted by Gasteiger charge is 2.17. The number of aromatic nitrogens is 3. The predicted octanol–water partition coefficient (Wildman–Crippen LogP) is 2.19. The number of fused-ring (bicyclic) bond motifs is 2. The van der Waals surface area contributed by atoms with E-state index in [1.165, 1.54) is 0 Å². The summed E-state index contributed by atoms with van der Waals surface area (Å²) in [5, 5.41) is 0.966. The molecule has 0 aliphatic carbocycles. The van der Waals surface area contributed by atoms with Gasteiger partial charge in [-0.05, 0) is 30.7 Å². The summed E-state index contributed by atoms with van der Waals surface area (Å²) in [4.78, 5) is 33.5. The minimum Gasteiger partial charge on any atom is -0.295 e. The van der Waals surface area contributed by atoms with Gasteiger partial charge >= 0.3 is 0 Å². The average Bonchev–Trinajstić information content (AvgIpc) is 3.02. The van der Waals surface area contributed by atoms with Crippen LogP contribution >= 0.6 is 0 Å². The van der Waals surface area contributed by atoms with Gasteiger partial charge in [0, 0.05) is 17.8 Å². The van der Waals surface area contributed by atoms with E-state index in [9.17, 15) is 9.59 Å². The number of carbonyl (C=O) groups is 2. The molecule has 1 aromatic carbocycles. The first-order valence-electron chi connectivity index (χ1n) is 8.49. The van der Waals surface area contributed by atoms with Crippen LogP contribution in [0, 0.1) is 6.92 Å². The maximum absolute atomic E-state index is 12.5. The van der Waals surface area contributed by atoms with E-state index in [1.54, 1.807) is 23.7 Å². The lowest BCUT2D eigenvalue weighted by Crippen LogP contribution is -2.43. The highest BCUT2D eigenvalue weighted by Crippen LogP contribution is 2.16. The molecule has 27 heavy (non-hydrogen) atoms. The average molecular weight is 359 g/mol. The number of hydrogen-bond acceptors (Lipinski definition) is 4. The van der Waals surface area contributed by atoms with Crippen molar-refractivity contribution >= 4 is 28.4 Å². The van der Waals surface area contributed by atoms with Crippen molar-refractivity contribution in [3.63, 3.8) is 0 Å². The summed E-state index contributed by atoms with van der Waals surface area (Å²) in [6.45, 7) is 1.76. The van der Waals surface area contributed by atoms with E-state index in [2.05, 4.69) is 20.8 Å². The Labute approximate surface area is 155 Å². The van der Waals surface area contributed by atoms with E-state index < -0.39 is 5.91 Å². The first-order chi connectivity index (χ1) is 13.1. The van der Waals surface area contributed by atoms with Crippen LogP contribution in [-0.4, -0.2) is 26.2 Å². The van der Waals surface area contributed by atoms with Gasteiger partial charge in [0.25, 0.3) is 5.91 Å². The van der Waals surface area contributed by atoms with Gasteiger partial charge in [0.15, 0.2) is 0 Å². The number of para-hydroxylation sites is 1. The maximum atomic E-state index is 12.5. The second-order valence-electron chi connectivity index (χ2n) is 6.15. The first-order valence-corrected chi connectivity index (χ1v) is 8.49. The molecule has 3 aromatic heterocycles. The molecule has 7 heteroatoms. The minimum atomic E-state index is -0.421. The van der Waals surface area contributed by atoms with Gasteiger partial charge in [-0.1, -0.05) is 30.3 Å². The molecule has 7 nitrogen and oxygen atoms in total. The van der Waals surface area contributed by atoms with Crippen molar-refractivity contribution in [1.29, 1.82) is 0 Å². The van der Waals surface area contributed by atoms with Crippen LogP contribution in [0.25, 0.3) is 16.6 Å². The lowest BCUT2D eigenvalue weighted by molar-refractivity contribution is -0.121. The molecule has 2 amide bonds. The summed E-state index contributed by atoms with van der Waals surface area (Å²) in [6, 6.07) is 15.0. The molecule has 0 saturated carbocycles. The predicted molar refractivity (Wildman–Crippen MR) is 101 cm³/mol. The van der Waals surface area contributed by atoms with E-state index >= 15 is 0 Å². The summed E-state index contributed by atoms with van der Waals surface area (Å²) < 4.78 is 1.69. The molecule has 0 bridgehead atoms. The summed E-state index contributed by atoms with van der Waals surface area (Å²) in [5.41, 5.74) is 8.16. The van der Waals surface area contributed by atoms with Crippen molar-refractivity contribution in [3.8, 4) is 0 Å². The number of nitrogens with zero attached hydrogens (tertiary/aromatic N) is 3. The van der Waals surface area contributed by atoms with Crippen molar-refractivity contribution in [1.82, 2.24) is 25.2 Å². The summed E-state index contributed by atoms with van der Waals surface area (Å²) >= 11 is 0. The van der Waals surface area contributed by atoms with Crippen LogP contribution in [0.2, 0.25) is 0 Å². The third-order valence-electron chi connectivity index (χ3n) is 4.30. The quantitative estimate of drug-likeness (QED) is 0.549. The van der Waals surface area contributed by atoms with E-state index in [1.807, 2.05) is 48.5 Å². The highest BCUT2D eigenvalue weighted by molar-refractivity contribution is 5.96. The molecule has 0 unspecified atom stereocenters. The Morgan fingerprint density at radius 3 is 2.78 bits per heavy atom. The smallest absolute Gasteiger partial charge is 0.288 e. The third kappa shape index (κ3) is 3.22. The van der Waals surface area contributed by atoms with Crippen LogP contribution in [-0.2, 0) is 11.2 Å². The van der Waals surface area contributed by atoms with E-state index in [-0.39, 0.29) is 12.3 Å². The van der Waals surface area contributed by atoms with Gasteiger partial charge in [-0.25, -0.2) is 4.98 Å². The number of amides is 2. The van der Waals surface area contributed by atoms with Crippen LogP contribution in [0.1, 0.15) is 21.7 Å². The number of carbonyl (C=O) groups excluding carboxylic acids is 2. The fraction of sp³-hybridized carbons (Fsp3) is 0.100. The standard InChI is InChI=1S/C20H17N5O2/c1-13-19(25-11-3-2-9-16(25)22-13)20(27)24-23-17(26)12-15-7-4-6-14-8-5-10-21-18(14)15/h2-11H,12H2,1H3,(H,23,26)(H,24,27). The molecule has 0 atom stereocenters. The number of benzene rings is 1. The molecule has 0 aliphatic heterocycles. The summed E-state index contributed by atoms with van der Waals surface area (Å²) in [6.07, 6.45) is 3.56. The molecule has 0 radical (unpaired) electrons. The number of rotatable bonds is 3. The Kier molecular flexibility index (Phi) is 4.25. The van der Waals surface area contributed by atoms with Gasteiger partial charge in [-0.2, -0.15) is 0 Å². The Balaban J connectivity index is 1.47. The van der Waals surface area contributed by atoms with Crippen molar-refractivity contribution in [2.75, 3.05) is 0 Å². The lowest BCUT2D eigenvalue weighted by atomic mass is 10.1. The zero-order valence-electron chi connectivity index (χ0n) is 14.6. The SMILES string of the molecule is Cc1nc2ccccn2c1C(=O)NNC(=O)Cc1cccc2cccnc12. The normalized spacial score (nSPS) is 10.9. The molecule has 0 saturated heterocycles. The molecule has 3 heterocycles. The van der Waals surface area contributed by atoms with Crippen molar-refractivity contribution in [2.24, 2.45) is 0 Å². The molecule has 0 fully saturated rings. The summed E-state index contributed by atoms with van der Waals surface area (Å²) in [5.74, 6) is -0.747. The van der Waals surface area contributed by atoms with Crippen LogP contribution in [0.3, 0.4) is 0 Å². The Morgan fingerprint density at radius 1 is 1.04 bits per heavy atom. The van der Waals surface area contributed by atoms with E-state index in [0.717, 1.165) is 16.5 Å². The second kappa shape index (κ2) is 6.87. The van der Waals surface area contributed by atoms with Gasteiger partial charge in [-0.3, -0.25) is 29.8 Å². The number of nitrogens with one attached hydrogen (secondary N) is 2. The monoisotopic (exact) mass is 359 g/mol. The fourth-order valence-corrected chi connectivity index (χ4v) is 3.10. The molecule has 2 N–H and O–H groups in total. The minimum absolute atomic E-state index is 0.112. The molecule has 134 valence electrons. The maximum Gasteiger partial charge on any atom is 0.288 e. The highest BCUT2D eigenvalue weighted by atomic mass is 16.2. The second-order valence-corrected chi connectivity index (χ2v) is 6.15. The Morgan fingerprint density at radius 2 is 1.89 bits per heavy atom. The van der Waals surface area contributed by atoms with Gasteiger partial charge in [0.2, 0.25) is 5.91 Å². The molecule has 4 rings (SSSR count). The zero-order valence-corrected chi connectivity index (χ0v) is 14.6. The number of imidazole rings is 1. The molecule has 0 aliphatic rings. The third-order valence-corrected chi connectivity index (χ3v) is 4.30. The fourth-order valence-electron chi connectivity index (χ4n) is 3.10. The van der Waals surface area contributed by atoms with Gasteiger partial charge in [-0.15, -0.1) is 0 Å². The van der Waals surface area contributed by atoms with Crippen molar-refractivity contribution in [3.05, 3.63) is 77.9 Å². The largest absolute Gasteiger partial charge is 0.295 e. The van der Waals surface area contributed by atoms with Crippen LogP contribution < -0.4 is 10.9 Å². The molecular formula is C20H17N5O2. The summed E-state index contributed by atoms with van der Waals surface area (Å²) in [7, 11) is 0. The Hall–Kier alpha value is -3.74. The number of pyridine rings is 2. The van der Waals surface area contributed by atoms with E-state index in [0.29, 0.717) is 17.0 Å². The zero-order chi connectivity index (χ0) is 18.8. The number of aryl methyl sites for hydroxylation is 1. The molecule has 4 aromatic rings. The van der Waals surface area contributed by atoms with Crippen molar-refractivity contribution in [2.45, 2.75) is 13.3 Å². The Bertz CT molecular complexity index is 1160. The van der Waals surface area contributed by atoms with Gasteiger partial charge in [0.05, 0.1) is 17.6 Å². The van der Waals surface area contributed by atoms with Crippen LogP contribution in [0.4, 0.5) is 0 Å². The van der Waals surface area contributed by atoms with Gasteiger partial charge in [0.1, 0.15) is 11.3 Å². The lowest BCUT2D eigenvalue weighted by Gasteiger charge is -2.09. The number of hydrazine groups is 1. The molecular weight excluding hydrogens is 342 g/mol. The van der Waals surface area contributed by atoms with Gasteiger partial charge < -0.3 is 0 Å². The topological polar surface area (TPSA) is 88.4 Å². The van der Waals surface area contributed by atoms with Crippen molar-refractivity contribution < 1.29 is 9.59 Å². The number of hydrogen-bond donors (Lipinski definition) is 2.